The molecule has 1 fully saturated rings. The van der Waals surface area contributed by atoms with Crippen LogP contribution in [-0.2, 0) is 9.47 Å². The minimum Gasteiger partial charge on any atom is -0.396 e. The summed E-state index contributed by atoms with van der Waals surface area (Å²) in [5, 5.41) is 8.42. The molecule has 0 aromatic carbocycles. The highest BCUT2D eigenvalue weighted by molar-refractivity contribution is 4.41. The standard InChI is InChI=1S/C8H18O.C4H8O2/c1-2-3-4-5-6-7-8-9;1-2-6-4-3-5-1/h9H,2-8H2,1H3;1-4H2. The average molecular weight is 218 g/mol. The first-order valence-electron chi connectivity index (χ1n) is 6.18. The highest BCUT2D eigenvalue weighted by Gasteiger charge is 1.94. The molecule has 1 saturated heterocycles. The predicted molar refractivity (Wildman–Crippen MR) is 62.1 cm³/mol. The Morgan fingerprint density at radius 3 is 1.67 bits per heavy atom. The molecule has 0 bridgehead atoms. The van der Waals surface area contributed by atoms with Crippen LogP contribution in [0.25, 0.3) is 0 Å². The van der Waals surface area contributed by atoms with Gasteiger partial charge in [-0.15, -0.1) is 0 Å². The van der Waals surface area contributed by atoms with Crippen LogP contribution in [0.1, 0.15) is 45.4 Å². The summed E-state index contributed by atoms with van der Waals surface area (Å²) >= 11 is 0. The normalized spacial score (nSPS) is 15.6. The molecule has 0 atom stereocenters. The Labute approximate surface area is 93.8 Å². The quantitative estimate of drug-likeness (QED) is 0.696. The zero-order chi connectivity index (χ0) is 11.2. The van der Waals surface area contributed by atoms with E-state index in [2.05, 4.69) is 6.92 Å². The third-order valence-electron chi connectivity index (χ3n) is 2.26. The van der Waals surface area contributed by atoms with Gasteiger partial charge in [-0.1, -0.05) is 39.0 Å². The van der Waals surface area contributed by atoms with Crippen LogP contribution in [0.3, 0.4) is 0 Å². The molecule has 0 saturated carbocycles. The van der Waals surface area contributed by atoms with Crippen molar-refractivity contribution in [1.29, 1.82) is 0 Å². The highest BCUT2D eigenvalue weighted by atomic mass is 16.6. The van der Waals surface area contributed by atoms with Gasteiger partial charge < -0.3 is 14.6 Å². The Balaban J connectivity index is 0.000000280. The van der Waals surface area contributed by atoms with Crippen LogP contribution in [0, 0.1) is 0 Å². The van der Waals surface area contributed by atoms with Crippen LogP contribution in [0.5, 0.6) is 0 Å². The van der Waals surface area contributed by atoms with E-state index in [1.165, 1.54) is 32.1 Å². The molecule has 3 nitrogen and oxygen atoms in total. The van der Waals surface area contributed by atoms with E-state index >= 15 is 0 Å². The van der Waals surface area contributed by atoms with Gasteiger partial charge in [-0.3, -0.25) is 0 Å². The van der Waals surface area contributed by atoms with E-state index in [4.69, 9.17) is 14.6 Å². The van der Waals surface area contributed by atoms with Crippen LogP contribution in [0.2, 0.25) is 0 Å². The van der Waals surface area contributed by atoms with Crippen LogP contribution < -0.4 is 0 Å². The van der Waals surface area contributed by atoms with Crippen molar-refractivity contribution in [2.45, 2.75) is 45.4 Å². The summed E-state index contributed by atoms with van der Waals surface area (Å²) in [6.45, 7) is 5.69. The fourth-order valence-corrected chi connectivity index (χ4v) is 1.33. The van der Waals surface area contributed by atoms with E-state index in [1.54, 1.807) is 0 Å². The van der Waals surface area contributed by atoms with Gasteiger partial charge in [0, 0.05) is 6.61 Å². The fourth-order valence-electron chi connectivity index (χ4n) is 1.33. The molecular weight excluding hydrogens is 192 g/mol. The van der Waals surface area contributed by atoms with Crippen molar-refractivity contribution in [1.82, 2.24) is 0 Å². The summed E-state index contributed by atoms with van der Waals surface area (Å²) in [5.74, 6) is 0. The Morgan fingerprint density at radius 1 is 0.800 bits per heavy atom. The van der Waals surface area contributed by atoms with E-state index < -0.39 is 0 Å². The van der Waals surface area contributed by atoms with Gasteiger partial charge in [0.05, 0.1) is 26.4 Å². The molecule has 0 aromatic heterocycles. The molecule has 0 radical (unpaired) electrons. The summed E-state index contributed by atoms with van der Waals surface area (Å²) < 4.78 is 9.89. The molecule has 0 aromatic rings. The fraction of sp³-hybridized carbons (Fsp3) is 1.00. The van der Waals surface area contributed by atoms with E-state index in [0.717, 1.165) is 32.8 Å². The van der Waals surface area contributed by atoms with Crippen LogP contribution in [0.4, 0.5) is 0 Å². The minimum absolute atomic E-state index is 0.367. The second-order valence-electron chi connectivity index (χ2n) is 3.72. The number of hydrogen-bond acceptors (Lipinski definition) is 3. The maximum absolute atomic E-state index is 8.42. The molecule has 1 aliphatic rings. The molecule has 1 heterocycles. The van der Waals surface area contributed by atoms with Gasteiger partial charge >= 0.3 is 0 Å². The molecule has 1 rings (SSSR count). The second-order valence-corrected chi connectivity index (χ2v) is 3.72. The van der Waals surface area contributed by atoms with Crippen molar-refractivity contribution in [2.24, 2.45) is 0 Å². The third kappa shape index (κ3) is 13.9. The first kappa shape index (κ1) is 14.9. The van der Waals surface area contributed by atoms with Crippen molar-refractivity contribution < 1.29 is 14.6 Å². The average Bonchev–Trinajstić information content (AvgIpc) is 2.32. The zero-order valence-electron chi connectivity index (χ0n) is 10.0. The molecule has 0 spiro atoms. The van der Waals surface area contributed by atoms with E-state index in [1.807, 2.05) is 0 Å². The summed E-state index contributed by atoms with van der Waals surface area (Å²) in [4.78, 5) is 0. The molecular formula is C12H26O3. The van der Waals surface area contributed by atoms with Crippen molar-refractivity contribution >= 4 is 0 Å². The largest absolute Gasteiger partial charge is 0.396 e. The zero-order valence-corrected chi connectivity index (χ0v) is 10.0. The van der Waals surface area contributed by atoms with Crippen LogP contribution in [-0.4, -0.2) is 38.1 Å². The van der Waals surface area contributed by atoms with E-state index in [9.17, 15) is 0 Å². The summed E-state index contributed by atoms with van der Waals surface area (Å²) in [5.41, 5.74) is 0. The van der Waals surface area contributed by atoms with Gasteiger partial charge in [0.2, 0.25) is 0 Å². The molecule has 0 amide bonds. The van der Waals surface area contributed by atoms with Crippen molar-refractivity contribution in [3.63, 3.8) is 0 Å². The van der Waals surface area contributed by atoms with Crippen LogP contribution >= 0.6 is 0 Å². The van der Waals surface area contributed by atoms with Crippen molar-refractivity contribution in [3.05, 3.63) is 0 Å². The van der Waals surface area contributed by atoms with Gasteiger partial charge in [-0.25, -0.2) is 0 Å². The van der Waals surface area contributed by atoms with E-state index in [0.29, 0.717) is 6.61 Å². The topological polar surface area (TPSA) is 38.7 Å². The molecule has 15 heavy (non-hydrogen) atoms. The first-order valence-corrected chi connectivity index (χ1v) is 6.18. The lowest BCUT2D eigenvalue weighted by Crippen LogP contribution is -2.16. The Kier molecular flexibility index (Phi) is 13.8. The summed E-state index contributed by atoms with van der Waals surface area (Å²) in [6.07, 6.45) is 7.50. The highest BCUT2D eigenvalue weighted by Crippen LogP contribution is 2.03. The number of rotatable bonds is 6. The molecule has 1 aliphatic heterocycles. The number of aliphatic hydroxyl groups is 1. The van der Waals surface area contributed by atoms with Gasteiger partial charge in [-0.05, 0) is 6.42 Å². The number of ether oxygens (including phenoxy) is 2. The Bertz CT molecular complexity index is 85.5. The SMILES string of the molecule is C1COCCO1.CCCCCCCCO. The molecule has 3 heteroatoms. The smallest absolute Gasteiger partial charge is 0.0701 e. The monoisotopic (exact) mass is 218 g/mol. The predicted octanol–water partition coefficient (Wildman–Crippen LogP) is 2.37. The summed E-state index contributed by atoms with van der Waals surface area (Å²) in [7, 11) is 0. The van der Waals surface area contributed by atoms with Crippen LogP contribution in [0.15, 0.2) is 0 Å². The van der Waals surface area contributed by atoms with E-state index in [-0.39, 0.29) is 0 Å². The van der Waals surface area contributed by atoms with Crippen molar-refractivity contribution in [2.75, 3.05) is 33.0 Å². The van der Waals surface area contributed by atoms with Gasteiger partial charge in [0.15, 0.2) is 0 Å². The van der Waals surface area contributed by atoms with Gasteiger partial charge in [-0.2, -0.15) is 0 Å². The molecule has 0 unspecified atom stereocenters. The maximum atomic E-state index is 8.42. The van der Waals surface area contributed by atoms with Crippen molar-refractivity contribution in [3.8, 4) is 0 Å². The maximum Gasteiger partial charge on any atom is 0.0701 e. The lowest BCUT2D eigenvalue weighted by Gasteiger charge is -2.09. The second kappa shape index (κ2) is 13.9. The Hall–Kier alpha value is -0.120. The van der Waals surface area contributed by atoms with Gasteiger partial charge in [0.25, 0.3) is 0 Å². The lowest BCUT2D eigenvalue weighted by molar-refractivity contribution is -0.0334. The molecule has 92 valence electrons. The first-order chi connectivity index (χ1) is 7.41. The minimum atomic E-state index is 0.367. The number of unbranched alkanes of at least 4 members (excludes halogenated alkanes) is 5. The van der Waals surface area contributed by atoms with Gasteiger partial charge in [0.1, 0.15) is 0 Å². The lowest BCUT2D eigenvalue weighted by atomic mass is 10.1. The Morgan fingerprint density at radius 2 is 1.27 bits per heavy atom. The number of aliphatic hydroxyl groups excluding tert-OH is 1. The summed E-state index contributed by atoms with van der Waals surface area (Å²) in [6, 6.07) is 0. The number of hydrogen-bond donors (Lipinski definition) is 1. The third-order valence-corrected chi connectivity index (χ3v) is 2.26. The molecule has 1 N–H and O–H groups in total. The molecule has 0 aliphatic carbocycles.